The molecule has 10 nitrogen and oxygen atoms in total. The van der Waals surface area contributed by atoms with Gasteiger partial charge in [-0.2, -0.15) is 0 Å². The SMILES string of the molecule is O=S1(=O)CC(N2Cc3cc(Cl)ccc3-n3c(nnc3N3CC4(CN(c5cnccn5)C4)C3)C2)C1. The van der Waals surface area contributed by atoms with E-state index in [0.717, 1.165) is 55.0 Å². The van der Waals surface area contributed by atoms with Crippen LogP contribution in [0.15, 0.2) is 36.8 Å². The molecule has 1 spiro atoms. The number of aromatic nitrogens is 5. The molecule has 3 fully saturated rings. The quantitative estimate of drug-likeness (QED) is 0.526. The summed E-state index contributed by atoms with van der Waals surface area (Å²) >= 11 is 6.34. The molecular weight excluding hydrogens is 476 g/mol. The van der Waals surface area contributed by atoms with Crippen LogP contribution in [0.5, 0.6) is 0 Å². The molecule has 0 N–H and O–H groups in total. The standard InChI is InChI=1S/C22H23ClN8O2S/c23-16-1-2-18-15(5-16)7-28(17-9-34(32,33)10-17)8-20-26-27-21(31(18)20)30-13-22(14-30)11-29(12-22)19-6-24-3-4-25-19/h1-6,17H,7-14H2. The molecule has 4 aliphatic heterocycles. The van der Waals surface area contributed by atoms with E-state index < -0.39 is 9.84 Å². The van der Waals surface area contributed by atoms with Gasteiger partial charge in [0.2, 0.25) is 5.95 Å². The summed E-state index contributed by atoms with van der Waals surface area (Å²) in [6.45, 7) is 4.93. The first-order valence-electron chi connectivity index (χ1n) is 11.3. The molecule has 0 amide bonds. The third kappa shape index (κ3) is 3.21. The Morgan fingerprint density at radius 2 is 1.79 bits per heavy atom. The van der Waals surface area contributed by atoms with E-state index in [-0.39, 0.29) is 23.0 Å². The number of hydrogen-bond acceptors (Lipinski definition) is 9. The van der Waals surface area contributed by atoms with Gasteiger partial charge in [-0.15, -0.1) is 10.2 Å². The van der Waals surface area contributed by atoms with Crippen molar-refractivity contribution in [3.63, 3.8) is 0 Å². The Labute approximate surface area is 202 Å². The first kappa shape index (κ1) is 20.6. The number of anilines is 2. The molecule has 3 saturated heterocycles. The van der Waals surface area contributed by atoms with Crippen LogP contribution in [0.1, 0.15) is 11.4 Å². The molecule has 176 valence electrons. The maximum atomic E-state index is 11.8. The molecule has 1 aromatic carbocycles. The average molecular weight is 499 g/mol. The first-order chi connectivity index (χ1) is 16.4. The lowest BCUT2D eigenvalue weighted by Gasteiger charge is -2.60. The van der Waals surface area contributed by atoms with Crippen molar-refractivity contribution in [1.29, 1.82) is 0 Å². The fourth-order valence-electron chi connectivity index (χ4n) is 5.71. The molecule has 12 heteroatoms. The normalized spacial score (nSPS) is 22.9. The average Bonchev–Trinajstić information content (AvgIpc) is 3.06. The topological polar surface area (TPSA) is 100 Å². The van der Waals surface area contributed by atoms with Gasteiger partial charge in [0.1, 0.15) is 5.82 Å². The highest BCUT2D eigenvalue weighted by Crippen LogP contribution is 2.44. The molecule has 7 rings (SSSR count). The molecule has 0 aliphatic carbocycles. The fraction of sp³-hybridized carbons (Fsp3) is 0.455. The summed E-state index contributed by atoms with van der Waals surface area (Å²) in [5.41, 5.74) is 2.31. The van der Waals surface area contributed by atoms with Gasteiger partial charge in [0.25, 0.3) is 0 Å². The van der Waals surface area contributed by atoms with Crippen LogP contribution in [0.25, 0.3) is 5.69 Å². The van der Waals surface area contributed by atoms with Crippen LogP contribution >= 0.6 is 11.6 Å². The minimum atomic E-state index is -2.92. The zero-order chi connectivity index (χ0) is 23.1. The summed E-state index contributed by atoms with van der Waals surface area (Å²) < 4.78 is 25.8. The second-order valence-electron chi connectivity index (χ2n) is 9.94. The third-order valence-electron chi connectivity index (χ3n) is 7.38. The molecule has 0 atom stereocenters. The zero-order valence-corrected chi connectivity index (χ0v) is 20.0. The highest BCUT2D eigenvalue weighted by atomic mass is 35.5. The van der Waals surface area contributed by atoms with Gasteiger partial charge < -0.3 is 9.80 Å². The Morgan fingerprint density at radius 1 is 1.00 bits per heavy atom. The molecule has 2 aromatic heterocycles. The lowest BCUT2D eigenvalue weighted by atomic mass is 9.73. The van der Waals surface area contributed by atoms with Crippen molar-refractivity contribution >= 4 is 33.2 Å². The maximum Gasteiger partial charge on any atom is 0.231 e. The van der Waals surface area contributed by atoms with E-state index in [4.69, 9.17) is 11.6 Å². The third-order valence-corrected chi connectivity index (χ3v) is 9.40. The van der Waals surface area contributed by atoms with E-state index in [9.17, 15) is 8.42 Å². The summed E-state index contributed by atoms with van der Waals surface area (Å²) in [6, 6.07) is 5.87. The van der Waals surface area contributed by atoms with Gasteiger partial charge in [-0.05, 0) is 23.8 Å². The minimum absolute atomic E-state index is 0.00199. The van der Waals surface area contributed by atoms with E-state index in [1.54, 1.807) is 12.4 Å². The summed E-state index contributed by atoms with van der Waals surface area (Å²) in [5, 5.41) is 9.78. The van der Waals surface area contributed by atoms with Crippen molar-refractivity contribution in [2.75, 3.05) is 47.5 Å². The maximum absolute atomic E-state index is 11.8. The van der Waals surface area contributed by atoms with E-state index in [1.807, 2.05) is 24.4 Å². The van der Waals surface area contributed by atoms with Crippen LogP contribution in [0.4, 0.5) is 11.8 Å². The van der Waals surface area contributed by atoms with Crippen LogP contribution in [0, 0.1) is 5.41 Å². The molecule has 34 heavy (non-hydrogen) atoms. The minimum Gasteiger partial charge on any atom is -0.354 e. The monoisotopic (exact) mass is 498 g/mol. The van der Waals surface area contributed by atoms with Crippen molar-refractivity contribution in [1.82, 2.24) is 29.6 Å². The number of halogens is 1. The van der Waals surface area contributed by atoms with Crippen LogP contribution in [0.2, 0.25) is 5.02 Å². The number of hydrogen-bond donors (Lipinski definition) is 0. The zero-order valence-electron chi connectivity index (χ0n) is 18.4. The number of fused-ring (bicyclic) bond motifs is 3. The molecule has 0 radical (unpaired) electrons. The van der Waals surface area contributed by atoms with E-state index in [1.165, 1.54) is 0 Å². The van der Waals surface area contributed by atoms with Gasteiger partial charge in [-0.1, -0.05) is 11.6 Å². The number of benzene rings is 1. The Kier molecular flexibility index (Phi) is 4.32. The lowest BCUT2D eigenvalue weighted by molar-refractivity contribution is 0.153. The van der Waals surface area contributed by atoms with Crippen LogP contribution in [-0.2, 0) is 22.9 Å². The Morgan fingerprint density at radius 3 is 2.53 bits per heavy atom. The van der Waals surface area contributed by atoms with Crippen molar-refractivity contribution in [3.05, 3.63) is 53.2 Å². The lowest BCUT2D eigenvalue weighted by Crippen LogP contribution is -2.73. The van der Waals surface area contributed by atoms with Gasteiger partial charge in [0.05, 0.1) is 29.9 Å². The van der Waals surface area contributed by atoms with Gasteiger partial charge >= 0.3 is 0 Å². The van der Waals surface area contributed by atoms with E-state index in [0.29, 0.717) is 18.1 Å². The van der Waals surface area contributed by atoms with Gasteiger partial charge in [0, 0.05) is 61.6 Å². The molecule has 3 aromatic rings. The molecule has 4 aliphatic rings. The summed E-state index contributed by atoms with van der Waals surface area (Å²) in [5.74, 6) is 2.98. The van der Waals surface area contributed by atoms with Crippen LogP contribution in [0.3, 0.4) is 0 Å². The molecule has 0 saturated carbocycles. The molecule has 6 heterocycles. The van der Waals surface area contributed by atoms with Crippen molar-refractivity contribution in [2.24, 2.45) is 5.41 Å². The number of sulfone groups is 1. The summed E-state index contributed by atoms with van der Waals surface area (Å²) in [4.78, 5) is 15.3. The van der Waals surface area contributed by atoms with Crippen LogP contribution < -0.4 is 9.80 Å². The largest absolute Gasteiger partial charge is 0.354 e. The smallest absolute Gasteiger partial charge is 0.231 e. The second kappa shape index (κ2) is 7.12. The van der Waals surface area contributed by atoms with Gasteiger partial charge in [-0.25, -0.2) is 13.4 Å². The second-order valence-corrected chi connectivity index (χ2v) is 12.5. The first-order valence-corrected chi connectivity index (χ1v) is 13.5. The molecule has 0 unspecified atom stereocenters. The summed E-state index contributed by atoms with van der Waals surface area (Å²) in [7, 11) is -2.92. The van der Waals surface area contributed by atoms with Crippen molar-refractivity contribution in [2.45, 2.75) is 19.1 Å². The Bertz CT molecular complexity index is 1370. The van der Waals surface area contributed by atoms with Crippen molar-refractivity contribution < 1.29 is 8.42 Å². The predicted molar refractivity (Wildman–Crippen MR) is 127 cm³/mol. The van der Waals surface area contributed by atoms with E-state index in [2.05, 4.69) is 39.4 Å². The van der Waals surface area contributed by atoms with E-state index >= 15 is 0 Å². The predicted octanol–water partition coefficient (Wildman–Crippen LogP) is 1.15. The van der Waals surface area contributed by atoms with Crippen molar-refractivity contribution in [3.8, 4) is 5.69 Å². The highest BCUT2D eigenvalue weighted by Gasteiger charge is 2.53. The van der Waals surface area contributed by atoms with Crippen LogP contribution in [-0.4, -0.2) is 81.8 Å². The highest BCUT2D eigenvalue weighted by molar-refractivity contribution is 7.92. The van der Waals surface area contributed by atoms with Gasteiger partial charge in [-0.3, -0.25) is 14.5 Å². The number of nitrogens with zero attached hydrogens (tertiary/aromatic N) is 8. The fourth-order valence-corrected chi connectivity index (χ4v) is 7.40. The number of rotatable bonds is 3. The molecule has 0 bridgehead atoms. The summed E-state index contributed by atoms with van der Waals surface area (Å²) in [6.07, 6.45) is 5.23. The Balaban J connectivity index is 1.15. The molecular formula is C22H23ClN8O2S. The Hall–Kier alpha value is -2.76. The van der Waals surface area contributed by atoms with Gasteiger partial charge in [0.15, 0.2) is 15.7 Å².